The maximum Gasteiger partial charge on any atom is 0.427 e. The minimum absolute atomic E-state index is 0. The number of anilines is 2. The Morgan fingerprint density at radius 2 is 1.73 bits per heavy atom. The zero-order chi connectivity index (χ0) is 25.0. The van der Waals surface area contributed by atoms with Crippen LogP contribution in [0.5, 0.6) is 5.75 Å². The molecule has 12 heteroatoms. The van der Waals surface area contributed by atoms with Gasteiger partial charge < -0.3 is 9.47 Å². The van der Waals surface area contributed by atoms with Gasteiger partial charge in [0.05, 0.1) is 17.1 Å². The third-order valence-electron chi connectivity index (χ3n) is 4.46. The van der Waals surface area contributed by atoms with Gasteiger partial charge >= 0.3 is 12.3 Å². The van der Waals surface area contributed by atoms with Crippen LogP contribution in [0.1, 0.15) is 29.1 Å². The van der Waals surface area contributed by atoms with Crippen LogP contribution in [0.15, 0.2) is 47.4 Å². The van der Waals surface area contributed by atoms with Crippen LogP contribution in [-0.4, -0.2) is 39.4 Å². The lowest BCUT2D eigenvalue weighted by molar-refractivity contribution is -0.242. The van der Waals surface area contributed by atoms with Gasteiger partial charge in [-0.2, -0.15) is 13.2 Å². The highest BCUT2D eigenvalue weighted by atomic mass is 32.2. The lowest BCUT2D eigenvalue weighted by Gasteiger charge is -2.31. The molecule has 0 atom stereocenters. The van der Waals surface area contributed by atoms with E-state index >= 15 is 0 Å². The van der Waals surface area contributed by atoms with Gasteiger partial charge in [0, 0.05) is 7.11 Å². The van der Waals surface area contributed by atoms with E-state index in [2.05, 4.69) is 10.1 Å². The number of hydrogen-bond acceptors (Lipinski definition) is 5. The van der Waals surface area contributed by atoms with E-state index in [-0.39, 0.29) is 36.6 Å². The summed E-state index contributed by atoms with van der Waals surface area (Å²) in [6.45, 7) is 5.37. The van der Waals surface area contributed by atoms with Gasteiger partial charge in [0.25, 0.3) is 10.0 Å². The molecule has 0 bridgehead atoms. The Kier molecular flexibility index (Phi) is 7.83. The fourth-order valence-electron chi connectivity index (χ4n) is 2.69. The summed E-state index contributed by atoms with van der Waals surface area (Å²) in [5.74, 6) is -0.417. The number of benzene rings is 2. The molecule has 0 spiro atoms. The normalized spacial score (nSPS) is 13.8. The van der Waals surface area contributed by atoms with Gasteiger partial charge in [0.15, 0.2) is 0 Å². The number of nitrogens with one attached hydrogen (secondary N) is 1. The maximum absolute atomic E-state index is 13.2. The van der Waals surface area contributed by atoms with Gasteiger partial charge in [-0.15, -0.1) is 0 Å². The smallest absolute Gasteiger partial charge is 0.427 e. The van der Waals surface area contributed by atoms with Crippen molar-refractivity contribution < 1.29 is 41.7 Å². The third-order valence-corrected chi connectivity index (χ3v) is 6.29. The van der Waals surface area contributed by atoms with E-state index in [1.54, 1.807) is 0 Å². The Morgan fingerprint density at radius 1 is 1.12 bits per heavy atom. The molecule has 1 aliphatic rings. The fraction of sp³-hybridized carbons (Fsp3) is 0.381. The van der Waals surface area contributed by atoms with Gasteiger partial charge in [-0.3, -0.25) is 9.62 Å². The van der Waals surface area contributed by atoms with Crippen molar-refractivity contribution in [1.29, 1.82) is 0 Å². The molecule has 0 saturated heterocycles. The second-order valence-electron chi connectivity index (χ2n) is 7.08. The van der Waals surface area contributed by atoms with Crippen molar-refractivity contribution in [3.63, 3.8) is 0 Å². The number of fused-ring (bicyclic) bond motifs is 1. The lowest BCUT2D eigenvalue weighted by atomic mass is 10.1. The van der Waals surface area contributed by atoms with Crippen LogP contribution >= 0.6 is 0 Å². The number of nitrogens with zero attached hydrogens (tertiary/aromatic N) is 1. The average Bonchev–Trinajstić information content (AvgIpc) is 2.73. The molecule has 1 N–H and O–H groups in total. The molecule has 184 valence electrons. The molecule has 3 rings (SSSR count). The van der Waals surface area contributed by atoms with E-state index in [1.165, 1.54) is 18.2 Å². The summed E-state index contributed by atoms with van der Waals surface area (Å²) in [6.07, 6.45) is -6.15. The molecule has 0 aromatic heterocycles. The van der Waals surface area contributed by atoms with Crippen molar-refractivity contribution >= 4 is 27.5 Å². The van der Waals surface area contributed by atoms with Gasteiger partial charge in [-0.25, -0.2) is 17.6 Å². The summed E-state index contributed by atoms with van der Waals surface area (Å²) in [4.78, 5) is 11.8. The number of sulfonamides is 1. The number of hydrogen-bond donors (Lipinski definition) is 1. The van der Waals surface area contributed by atoms with Crippen molar-refractivity contribution in [2.24, 2.45) is 0 Å². The molecule has 0 unspecified atom stereocenters. The molecule has 1 heterocycles. The molecule has 0 fully saturated rings. The second kappa shape index (κ2) is 9.86. The van der Waals surface area contributed by atoms with Crippen LogP contribution in [0.2, 0.25) is 0 Å². The SMILES string of the molecule is CC.CC(C)(OC(=O)Nc1ccc2c(c1)N(S(=O)(=O)c1ccc(F)cc1)CCO2)C(F)(F)F.[HH]. The number of carbonyl (C=O) groups excluding carboxylic acids is 1. The average molecular weight is 495 g/mol. The molecule has 0 radical (unpaired) electrons. The Labute approximate surface area is 190 Å². The van der Waals surface area contributed by atoms with E-state index in [0.717, 1.165) is 28.6 Å². The van der Waals surface area contributed by atoms with Crippen molar-refractivity contribution in [2.75, 3.05) is 22.8 Å². The first-order valence-electron chi connectivity index (χ1n) is 9.93. The third kappa shape index (κ3) is 5.86. The Morgan fingerprint density at radius 3 is 2.30 bits per heavy atom. The van der Waals surface area contributed by atoms with E-state index in [0.29, 0.717) is 13.8 Å². The second-order valence-corrected chi connectivity index (χ2v) is 8.95. The van der Waals surface area contributed by atoms with Gasteiger partial charge in [0.1, 0.15) is 18.2 Å². The standard InChI is InChI=1S/C19H18F4N2O5S.C2H6.H2/c1-18(2,19(21,22)23)30-17(26)24-13-5-8-16-15(11-13)25(9-10-29-16)31(27,28)14-6-3-12(20)4-7-14;1-2;/h3-8,11H,9-10H2,1-2H3,(H,24,26);1-2H3;1H. The molecular formula is C21H26F4N2O5S. The molecule has 2 aromatic carbocycles. The Hall–Kier alpha value is -3.02. The van der Waals surface area contributed by atoms with E-state index < -0.39 is 33.7 Å². The molecule has 7 nitrogen and oxygen atoms in total. The van der Waals surface area contributed by atoms with Crippen LogP contribution in [-0.2, 0) is 14.8 Å². The molecule has 0 aliphatic carbocycles. The number of ether oxygens (including phenoxy) is 2. The number of halogens is 4. The first-order valence-corrected chi connectivity index (χ1v) is 11.4. The topological polar surface area (TPSA) is 84.9 Å². The monoisotopic (exact) mass is 494 g/mol. The van der Waals surface area contributed by atoms with Crippen LogP contribution < -0.4 is 14.4 Å². The molecule has 1 amide bonds. The van der Waals surface area contributed by atoms with E-state index in [1.807, 2.05) is 13.8 Å². The molecular weight excluding hydrogens is 468 g/mol. The first-order chi connectivity index (χ1) is 15.3. The zero-order valence-electron chi connectivity index (χ0n) is 18.4. The van der Waals surface area contributed by atoms with Crippen molar-refractivity contribution in [3.8, 4) is 5.75 Å². The predicted molar refractivity (Wildman–Crippen MR) is 117 cm³/mol. The molecule has 1 aliphatic heterocycles. The highest BCUT2D eigenvalue weighted by Crippen LogP contribution is 2.38. The number of amides is 1. The summed E-state index contributed by atoms with van der Waals surface area (Å²) in [5.41, 5.74) is -2.68. The van der Waals surface area contributed by atoms with E-state index in [4.69, 9.17) is 4.74 Å². The highest BCUT2D eigenvalue weighted by molar-refractivity contribution is 7.92. The summed E-state index contributed by atoms with van der Waals surface area (Å²) in [5, 5.41) is 2.15. The van der Waals surface area contributed by atoms with Crippen LogP contribution in [0.4, 0.5) is 33.7 Å². The van der Waals surface area contributed by atoms with Gasteiger partial charge in [0.2, 0.25) is 5.60 Å². The first kappa shape index (κ1) is 26.2. The summed E-state index contributed by atoms with van der Waals surface area (Å²) in [6, 6.07) is 8.16. The van der Waals surface area contributed by atoms with Crippen molar-refractivity contribution in [3.05, 3.63) is 48.3 Å². The predicted octanol–water partition coefficient (Wildman–Crippen LogP) is 5.58. The minimum Gasteiger partial charge on any atom is -0.489 e. The van der Waals surface area contributed by atoms with Crippen LogP contribution in [0.25, 0.3) is 0 Å². The van der Waals surface area contributed by atoms with Crippen LogP contribution in [0, 0.1) is 5.82 Å². The zero-order valence-corrected chi connectivity index (χ0v) is 19.2. The highest BCUT2D eigenvalue weighted by Gasteiger charge is 2.51. The number of carbonyl (C=O) groups is 1. The fourth-order valence-corrected chi connectivity index (χ4v) is 4.14. The minimum atomic E-state index is -4.78. The Balaban J connectivity index is 0.00000188. The lowest BCUT2D eigenvalue weighted by Crippen LogP contribution is -2.44. The summed E-state index contributed by atoms with van der Waals surface area (Å²) < 4.78 is 88.8. The van der Waals surface area contributed by atoms with Gasteiger partial charge in [-0.1, -0.05) is 13.8 Å². The largest absolute Gasteiger partial charge is 0.489 e. The summed E-state index contributed by atoms with van der Waals surface area (Å²) >= 11 is 0. The quantitative estimate of drug-likeness (QED) is 0.562. The molecule has 33 heavy (non-hydrogen) atoms. The van der Waals surface area contributed by atoms with Gasteiger partial charge in [-0.05, 0) is 56.3 Å². The molecule has 2 aromatic rings. The summed E-state index contributed by atoms with van der Waals surface area (Å²) in [7, 11) is -4.09. The van der Waals surface area contributed by atoms with E-state index in [9.17, 15) is 30.8 Å². The molecule has 0 saturated carbocycles. The van der Waals surface area contributed by atoms with Crippen molar-refractivity contribution in [2.45, 2.75) is 44.4 Å². The number of alkyl halides is 3. The number of rotatable bonds is 4. The van der Waals surface area contributed by atoms with Crippen molar-refractivity contribution in [1.82, 2.24) is 0 Å². The van der Waals surface area contributed by atoms with Crippen LogP contribution in [0.3, 0.4) is 0 Å². The maximum atomic E-state index is 13.2. The Bertz CT molecular complexity index is 1090.